The lowest BCUT2D eigenvalue weighted by atomic mass is 9.95. The van der Waals surface area contributed by atoms with Crippen LogP contribution in [0.3, 0.4) is 0 Å². The molecule has 45 heavy (non-hydrogen) atoms. The van der Waals surface area contributed by atoms with E-state index in [1.54, 1.807) is 12.1 Å². The average molecular weight is 623 g/mol. The van der Waals surface area contributed by atoms with Crippen molar-refractivity contribution in [3.63, 3.8) is 0 Å². The highest BCUT2D eigenvalue weighted by molar-refractivity contribution is 5.68. The van der Waals surface area contributed by atoms with E-state index in [4.69, 9.17) is 23.7 Å². The lowest BCUT2D eigenvalue weighted by Gasteiger charge is -2.45. The van der Waals surface area contributed by atoms with Crippen LogP contribution in [0.4, 0.5) is 0 Å². The number of ether oxygens (including phenoxy) is 5. The van der Waals surface area contributed by atoms with Gasteiger partial charge in [0.15, 0.2) is 24.5 Å². The number of nitrogens with one attached hydrogen (secondary N) is 1. The van der Waals surface area contributed by atoms with Crippen molar-refractivity contribution in [1.29, 1.82) is 0 Å². The van der Waals surface area contributed by atoms with Gasteiger partial charge in [0.2, 0.25) is 0 Å². The first-order chi connectivity index (χ1) is 21.4. The molecule has 3 aromatic rings. The summed E-state index contributed by atoms with van der Waals surface area (Å²) in [6.07, 6.45) is -7.09. The molecule has 0 aliphatic carbocycles. The lowest BCUT2D eigenvalue weighted by Crippen LogP contribution is -2.62. The zero-order chi connectivity index (χ0) is 32.7. The molecule has 1 aliphatic heterocycles. The standard InChI is InChI=1S/C32H34N2O11/c1-18(35)41-17-26-27(42-19(2)36)28(43-20(3)37)29(44-21(4)38)31(45-26)34-25(16-23-13-9-6-10-14-23)24(30(39)33-32(34)40)15-22-11-7-5-8-12-22/h5-14,26-29,31H,15-17H2,1-4H3,(H,33,39,40)/t26-,27+,28+,29-,31-/m1/s1. The highest BCUT2D eigenvalue weighted by Crippen LogP contribution is 2.35. The number of hydrogen-bond donors (Lipinski definition) is 1. The Kier molecular flexibility index (Phi) is 10.7. The molecule has 0 spiro atoms. The van der Waals surface area contributed by atoms with E-state index in [2.05, 4.69) is 4.98 Å². The third kappa shape index (κ3) is 8.32. The maximum Gasteiger partial charge on any atom is 0.330 e. The molecule has 238 valence electrons. The van der Waals surface area contributed by atoms with Gasteiger partial charge in [-0.15, -0.1) is 0 Å². The maximum atomic E-state index is 13.8. The second-order valence-electron chi connectivity index (χ2n) is 10.5. The molecule has 0 amide bonds. The Morgan fingerprint density at radius 3 is 1.76 bits per heavy atom. The van der Waals surface area contributed by atoms with Crippen molar-refractivity contribution in [2.24, 2.45) is 0 Å². The molecule has 0 radical (unpaired) electrons. The Balaban J connectivity index is 1.98. The Labute approximate surface area is 258 Å². The number of nitrogens with zero attached hydrogens (tertiary/aromatic N) is 1. The van der Waals surface area contributed by atoms with Gasteiger partial charge in [-0.05, 0) is 11.1 Å². The maximum absolute atomic E-state index is 13.8. The number of carbonyl (C=O) groups is 4. The van der Waals surface area contributed by atoms with Gasteiger partial charge < -0.3 is 23.7 Å². The van der Waals surface area contributed by atoms with Gasteiger partial charge in [0.05, 0.1) is 0 Å². The molecule has 1 N–H and O–H groups in total. The van der Waals surface area contributed by atoms with Gasteiger partial charge in [-0.1, -0.05) is 60.7 Å². The van der Waals surface area contributed by atoms with E-state index >= 15 is 0 Å². The summed E-state index contributed by atoms with van der Waals surface area (Å²) >= 11 is 0. The van der Waals surface area contributed by atoms with E-state index in [9.17, 15) is 28.8 Å². The molecular weight excluding hydrogens is 588 g/mol. The van der Waals surface area contributed by atoms with Gasteiger partial charge in [0.25, 0.3) is 5.56 Å². The molecular formula is C32H34N2O11. The minimum Gasteiger partial charge on any atom is -0.463 e. The largest absolute Gasteiger partial charge is 0.463 e. The zero-order valence-corrected chi connectivity index (χ0v) is 25.2. The summed E-state index contributed by atoms with van der Waals surface area (Å²) in [7, 11) is 0. The van der Waals surface area contributed by atoms with Crippen molar-refractivity contribution < 1.29 is 42.9 Å². The number of aromatic nitrogens is 2. The van der Waals surface area contributed by atoms with E-state index in [1.807, 2.05) is 48.5 Å². The van der Waals surface area contributed by atoms with Crippen LogP contribution in [0.1, 0.15) is 56.3 Å². The fourth-order valence-electron chi connectivity index (χ4n) is 5.28. The predicted molar refractivity (Wildman–Crippen MR) is 157 cm³/mol. The predicted octanol–water partition coefficient (Wildman–Crippen LogP) is 1.97. The highest BCUT2D eigenvalue weighted by atomic mass is 16.7. The van der Waals surface area contributed by atoms with Crippen molar-refractivity contribution in [3.05, 3.63) is 104 Å². The second kappa shape index (κ2) is 14.6. The molecule has 13 heteroatoms. The number of esters is 4. The molecule has 1 fully saturated rings. The van der Waals surface area contributed by atoms with Crippen LogP contribution in [-0.2, 0) is 55.7 Å². The molecule has 0 bridgehead atoms. The number of H-pyrrole nitrogens is 1. The summed E-state index contributed by atoms with van der Waals surface area (Å²) in [4.78, 5) is 78.2. The van der Waals surface area contributed by atoms with Gasteiger partial charge in [-0.3, -0.25) is 33.5 Å². The molecule has 2 aromatic carbocycles. The summed E-state index contributed by atoms with van der Waals surface area (Å²) in [6, 6.07) is 18.2. The van der Waals surface area contributed by atoms with Gasteiger partial charge in [-0.25, -0.2) is 4.79 Å². The van der Waals surface area contributed by atoms with Crippen LogP contribution in [0.2, 0.25) is 0 Å². The third-order valence-electron chi connectivity index (χ3n) is 7.01. The summed E-state index contributed by atoms with van der Waals surface area (Å²) in [6.45, 7) is 4.01. The number of benzene rings is 2. The Morgan fingerprint density at radius 2 is 1.22 bits per heavy atom. The number of aromatic amines is 1. The van der Waals surface area contributed by atoms with Crippen LogP contribution in [-0.4, -0.2) is 64.5 Å². The first kappa shape index (κ1) is 32.9. The van der Waals surface area contributed by atoms with Crippen LogP contribution in [0.15, 0.2) is 70.3 Å². The van der Waals surface area contributed by atoms with Crippen LogP contribution in [0, 0.1) is 0 Å². The van der Waals surface area contributed by atoms with Crippen LogP contribution in [0.5, 0.6) is 0 Å². The first-order valence-electron chi connectivity index (χ1n) is 14.2. The van der Waals surface area contributed by atoms with E-state index in [1.165, 1.54) is 0 Å². The number of hydrogen-bond acceptors (Lipinski definition) is 11. The first-order valence-corrected chi connectivity index (χ1v) is 14.2. The van der Waals surface area contributed by atoms with Crippen LogP contribution >= 0.6 is 0 Å². The summed E-state index contributed by atoms with van der Waals surface area (Å²) in [5, 5.41) is 0. The zero-order valence-electron chi connectivity index (χ0n) is 25.2. The molecule has 0 saturated carbocycles. The topological polar surface area (TPSA) is 169 Å². The quantitative estimate of drug-likeness (QED) is 0.259. The molecule has 2 heterocycles. The van der Waals surface area contributed by atoms with Crippen molar-refractivity contribution >= 4 is 23.9 Å². The fraction of sp³-hybridized carbons (Fsp3) is 0.375. The normalized spacial score (nSPS) is 20.9. The summed E-state index contributed by atoms with van der Waals surface area (Å²) in [5.74, 6) is -3.11. The van der Waals surface area contributed by atoms with Crippen LogP contribution in [0.25, 0.3) is 0 Å². The molecule has 1 saturated heterocycles. The van der Waals surface area contributed by atoms with E-state index in [0.29, 0.717) is 0 Å². The molecule has 4 rings (SSSR count). The van der Waals surface area contributed by atoms with Gasteiger partial charge >= 0.3 is 29.6 Å². The van der Waals surface area contributed by atoms with Gasteiger partial charge in [0, 0.05) is 51.8 Å². The highest BCUT2D eigenvalue weighted by Gasteiger charge is 2.53. The van der Waals surface area contributed by atoms with Crippen molar-refractivity contribution in [1.82, 2.24) is 9.55 Å². The van der Waals surface area contributed by atoms with Crippen molar-refractivity contribution in [3.8, 4) is 0 Å². The van der Waals surface area contributed by atoms with E-state index in [0.717, 1.165) is 43.4 Å². The van der Waals surface area contributed by atoms with E-state index < -0.39 is 72.4 Å². The summed E-state index contributed by atoms with van der Waals surface area (Å²) in [5.41, 5.74) is 0.470. The summed E-state index contributed by atoms with van der Waals surface area (Å²) < 4.78 is 29.2. The Hall–Kier alpha value is -5.04. The fourth-order valence-corrected chi connectivity index (χ4v) is 5.28. The second-order valence-corrected chi connectivity index (χ2v) is 10.5. The van der Waals surface area contributed by atoms with Crippen molar-refractivity contribution in [2.45, 2.75) is 71.2 Å². The van der Waals surface area contributed by atoms with E-state index in [-0.39, 0.29) is 24.1 Å². The average Bonchev–Trinajstić information content (AvgIpc) is 2.97. The van der Waals surface area contributed by atoms with Gasteiger partial charge in [0.1, 0.15) is 12.7 Å². The minimum atomic E-state index is -1.55. The monoisotopic (exact) mass is 622 g/mol. The van der Waals surface area contributed by atoms with Gasteiger partial charge in [-0.2, -0.15) is 0 Å². The number of carbonyl (C=O) groups excluding carboxylic acids is 4. The molecule has 5 atom stereocenters. The SMILES string of the molecule is CC(=O)OC[C@H]1O[C@@H](n2c(Cc3ccccc3)c(Cc3ccccc3)c(=O)[nH]c2=O)[C@H](OC(C)=O)[C@@H](OC(C)=O)[C@H]1OC(C)=O. The van der Waals surface area contributed by atoms with Crippen molar-refractivity contribution in [2.75, 3.05) is 6.61 Å². The molecule has 1 aliphatic rings. The Morgan fingerprint density at radius 1 is 0.711 bits per heavy atom. The molecule has 1 aromatic heterocycles. The smallest absolute Gasteiger partial charge is 0.330 e. The lowest BCUT2D eigenvalue weighted by molar-refractivity contribution is -0.269. The van der Waals surface area contributed by atoms with Crippen LogP contribution < -0.4 is 11.2 Å². The molecule has 13 nitrogen and oxygen atoms in total. The third-order valence-corrected chi connectivity index (χ3v) is 7.01. The number of rotatable bonds is 10. The molecule has 0 unspecified atom stereocenters. The minimum absolute atomic E-state index is 0.0784. The Bertz CT molecular complexity index is 1650.